The third-order valence-electron chi connectivity index (χ3n) is 8.68. The van der Waals surface area contributed by atoms with E-state index in [0.717, 1.165) is 76.5 Å². The van der Waals surface area contributed by atoms with Gasteiger partial charge in [-0.1, -0.05) is 29.8 Å². The van der Waals surface area contributed by atoms with Crippen LogP contribution in [0.3, 0.4) is 0 Å². The summed E-state index contributed by atoms with van der Waals surface area (Å²) in [5, 5.41) is 6.46. The molecule has 0 spiro atoms. The number of amides is 2. The maximum Gasteiger partial charge on any atom is 0.323 e. The highest BCUT2D eigenvalue weighted by molar-refractivity contribution is 7.99. The average molecular weight is 667 g/mol. The Hall–Kier alpha value is -4.04. The molecule has 2 amide bonds. The van der Waals surface area contributed by atoms with Crippen LogP contribution in [-0.2, 0) is 10.3 Å². The molecule has 6 rings (SSSR count). The monoisotopic (exact) mass is 666 g/mol. The Morgan fingerprint density at radius 3 is 2.19 bits per heavy atom. The number of carbonyl (C=O) groups is 2. The summed E-state index contributed by atoms with van der Waals surface area (Å²) in [7, 11) is 0. The van der Waals surface area contributed by atoms with Gasteiger partial charge >= 0.3 is 6.01 Å². The van der Waals surface area contributed by atoms with Gasteiger partial charge in [0, 0.05) is 62.6 Å². The number of nitrogens with one attached hydrogen (secondary N) is 3. The van der Waals surface area contributed by atoms with E-state index < -0.39 is 12.5 Å². The first-order valence-electron chi connectivity index (χ1n) is 15.8. The minimum atomic E-state index is -3.06. The Morgan fingerprint density at radius 2 is 1.60 bits per heavy atom. The summed E-state index contributed by atoms with van der Waals surface area (Å²) in [6.07, 6.45) is 3.80. The van der Waals surface area contributed by atoms with Crippen molar-refractivity contribution in [2.24, 2.45) is 0 Å². The van der Waals surface area contributed by atoms with Crippen LogP contribution in [0.2, 0.25) is 0 Å². The molecule has 47 heavy (non-hydrogen) atoms. The number of halogens is 2. The normalized spacial score (nSPS) is 18.3. The van der Waals surface area contributed by atoms with Gasteiger partial charge in [0.2, 0.25) is 17.8 Å². The molecular weight excluding hydrogens is 626 g/mol. The fourth-order valence-electron chi connectivity index (χ4n) is 5.53. The van der Waals surface area contributed by atoms with Crippen molar-refractivity contribution in [3.05, 3.63) is 65.2 Å². The van der Waals surface area contributed by atoms with Crippen LogP contribution in [0.4, 0.5) is 26.4 Å². The van der Waals surface area contributed by atoms with Crippen LogP contribution in [0.1, 0.15) is 61.0 Å². The molecule has 11 nitrogen and oxygen atoms in total. The summed E-state index contributed by atoms with van der Waals surface area (Å²) in [6, 6.07) is 14.8. The topological polar surface area (TPSA) is 125 Å². The molecule has 14 heteroatoms. The molecule has 0 unspecified atom stereocenters. The molecule has 3 aromatic rings. The average Bonchev–Trinajstić information content (AvgIpc) is 3.98. The van der Waals surface area contributed by atoms with Crippen LogP contribution in [0.5, 0.6) is 6.01 Å². The fraction of sp³-hybridized carbons (Fsp3) is 0.485. The first-order chi connectivity index (χ1) is 22.4. The number of hydrogen-bond acceptors (Lipinski definition) is 10. The molecule has 0 radical (unpaired) electrons. The molecule has 1 aromatic heterocycles. The van der Waals surface area contributed by atoms with E-state index >= 15 is 0 Å². The summed E-state index contributed by atoms with van der Waals surface area (Å²) < 4.78 is 35.4. The molecule has 3 fully saturated rings. The van der Waals surface area contributed by atoms with Crippen molar-refractivity contribution in [1.29, 1.82) is 0 Å². The van der Waals surface area contributed by atoms with Gasteiger partial charge in [0.1, 0.15) is 0 Å². The van der Waals surface area contributed by atoms with Crippen molar-refractivity contribution in [3.8, 4) is 6.01 Å². The minimum absolute atomic E-state index is 0.00000587. The fourth-order valence-corrected chi connectivity index (χ4v) is 6.51. The highest BCUT2D eigenvalue weighted by Gasteiger charge is 2.46. The Labute approximate surface area is 277 Å². The third-order valence-corrected chi connectivity index (χ3v) is 9.93. The molecule has 3 aliphatic rings. The summed E-state index contributed by atoms with van der Waals surface area (Å²) in [5.41, 5.74) is 2.98. The molecule has 0 atom stereocenters. The molecule has 3 N–H and O–H groups in total. The van der Waals surface area contributed by atoms with Crippen LogP contribution in [0, 0.1) is 6.92 Å². The van der Waals surface area contributed by atoms with E-state index in [0.29, 0.717) is 11.3 Å². The number of anilines is 3. The van der Waals surface area contributed by atoms with Gasteiger partial charge in [-0.3, -0.25) is 19.2 Å². The van der Waals surface area contributed by atoms with Gasteiger partial charge in [-0.25, -0.2) is 8.78 Å². The van der Waals surface area contributed by atoms with E-state index in [1.54, 1.807) is 31.2 Å². The lowest BCUT2D eigenvalue weighted by Crippen LogP contribution is -2.50. The Morgan fingerprint density at radius 1 is 0.936 bits per heavy atom. The maximum atomic E-state index is 13.6. The van der Waals surface area contributed by atoms with E-state index in [1.807, 2.05) is 24.0 Å². The number of alkyl halides is 2. The molecule has 1 aliphatic heterocycles. The van der Waals surface area contributed by atoms with Gasteiger partial charge in [0.05, 0.1) is 5.54 Å². The van der Waals surface area contributed by atoms with E-state index in [9.17, 15) is 18.4 Å². The summed E-state index contributed by atoms with van der Waals surface area (Å²) >= 11 is 1.48. The van der Waals surface area contributed by atoms with Gasteiger partial charge in [-0.15, -0.1) is 0 Å². The Kier molecular flexibility index (Phi) is 9.25. The largest absolute Gasteiger partial charge is 0.457 e. The number of benzene rings is 2. The van der Waals surface area contributed by atoms with Crippen molar-refractivity contribution >= 4 is 41.3 Å². The van der Waals surface area contributed by atoms with E-state index in [2.05, 4.69) is 47.3 Å². The SMILES string of the molecule is CC(=O)N1CCN(CC2(SNC(=O)c3ccc(Nc4nc(NC5(c6ccc(C)cc6)CC5)nc(OCC(C)(F)F)n4)cc3)CC2)CC1. The highest BCUT2D eigenvalue weighted by Crippen LogP contribution is 2.48. The standard InChI is InChI=1S/C33H40F2N8O3S/c1-22-4-8-25(9-5-22)33(14-15-33)40-29-37-28(38-30(39-29)46-21-31(3,34)35)36-26-10-6-24(7-11-26)27(45)41-47-32(12-13-32)20-42-16-18-43(19-17-42)23(2)44/h4-11H,12-21H2,1-3H3,(H,41,45)(H2,36,37,38,39,40). The molecule has 2 aromatic carbocycles. The zero-order valence-corrected chi connectivity index (χ0v) is 27.6. The van der Waals surface area contributed by atoms with Crippen LogP contribution < -0.4 is 20.1 Å². The molecule has 2 heterocycles. The van der Waals surface area contributed by atoms with Crippen molar-refractivity contribution in [2.75, 3.05) is 50.0 Å². The number of nitrogens with zero attached hydrogens (tertiary/aromatic N) is 5. The number of hydrogen-bond donors (Lipinski definition) is 3. The predicted octanol–water partition coefficient (Wildman–Crippen LogP) is 5.13. The van der Waals surface area contributed by atoms with Gasteiger partial charge in [-0.05, 0) is 74.4 Å². The second-order valence-electron chi connectivity index (χ2n) is 12.9. The molecule has 0 bridgehead atoms. The smallest absolute Gasteiger partial charge is 0.323 e. The van der Waals surface area contributed by atoms with Gasteiger partial charge in [0.15, 0.2) is 6.61 Å². The molecule has 250 valence electrons. The zero-order valence-electron chi connectivity index (χ0n) is 26.8. The number of aromatic nitrogens is 3. The molecular formula is C33H40F2N8O3S. The lowest BCUT2D eigenvalue weighted by Gasteiger charge is -2.36. The third kappa shape index (κ3) is 8.66. The van der Waals surface area contributed by atoms with Crippen LogP contribution in [0.15, 0.2) is 48.5 Å². The summed E-state index contributed by atoms with van der Waals surface area (Å²) in [5.74, 6) is -2.82. The zero-order chi connectivity index (χ0) is 33.2. The Bertz CT molecular complexity index is 1590. The second-order valence-corrected chi connectivity index (χ2v) is 14.2. The summed E-state index contributed by atoms with van der Waals surface area (Å²) in [4.78, 5) is 41.8. The van der Waals surface area contributed by atoms with Crippen molar-refractivity contribution < 1.29 is 23.1 Å². The predicted molar refractivity (Wildman–Crippen MR) is 177 cm³/mol. The first kappa shape index (κ1) is 32.9. The molecule has 2 saturated carbocycles. The van der Waals surface area contributed by atoms with Gasteiger partial charge in [-0.2, -0.15) is 15.0 Å². The number of piperazine rings is 1. The van der Waals surface area contributed by atoms with Crippen LogP contribution in [-0.4, -0.2) is 86.6 Å². The quantitative estimate of drug-likeness (QED) is 0.212. The number of ether oxygens (including phenoxy) is 1. The van der Waals surface area contributed by atoms with Crippen molar-refractivity contribution in [1.82, 2.24) is 29.5 Å². The second kappa shape index (κ2) is 13.2. The maximum absolute atomic E-state index is 13.6. The van der Waals surface area contributed by atoms with Crippen molar-refractivity contribution in [2.45, 2.75) is 62.7 Å². The number of aryl methyl sites for hydroxylation is 1. The summed E-state index contributed by atoms with van der Waals surface area (Å²) in [6.45, 7) is 7.56. The molecule has 2 aliphatic carbocycles. The lowest BCUT2D eigenvalue weighted by molar-refractivity contribution is -0.130. The number of rotatable bonds is 13. The highest BCUT2D eigenvalue weighted by atomic mass is 32.2. The lowest BCUT2D eigenvalue weighted by atomic mass is 10.0. The van der Waals surface area contributed by atoms with Gasteiger partial charge < -0.3 is 20.3 Å². The van der Waals surface area contributed by atoms with E-state index in [1.165, 1.54) is 11.9 Å². The van der Waals surface area contributed by atoms with E-state index in [-0.39, 0.29) is 40.0 Å². The number of carbonyl (C=O) groups excluding carboxylic acids is 2. The van der Waals surface area contributed by atoms with Crippen LogP contribution in [0.25, 0.3) is 0 Å². The molecule has 1 saturated heterocycles. The van der Waals surface area contributed by atoms with E-state index in [4.69, 9.17) is 4.74 Å². The minimum Gasteiger partial charge on any atom is -0.457 e. The van der Waals surface area contributed by atoms with Crippen LogP contribution >= 0.6 is 11.9 Å². The first-order valence-corrected chi connectivity index (χ1v) is 16.7. The van der Waals surface area contributed by atoms with Crippen molar-refractivity contribution in [3.63, 3.8) is 0 Å². The Balaban J connectivity index is 1.08. The van der Waals surface area contributed by atoms with Gasteiger partial charge in [0.25, 0.3) is 11.8 Å².